The zero-order valence-electron chi connectivity index (χ0n) is 11.4. The van der Waals surface area contributed by atoms with Crippen LogP contribution in [0.15, 0.2) is 42.6 Å². The molecule has 20 heavy (non-hydrogen) atoms. The summed E-state index contributed by atoms with van der Waals surface area (Å²) in [5, 5.41) is 2.89. The van der Waals surface area contributed by atoms with Gasteiger partial charge < -0.3 is 10.2 Å². The van der Waals surface area contributed by atoms with Crippen LogP contribution in [0.5, 0.6) is 0 Å². The Morgan fingerprint density at radius 3 is 2.65 bits per heavy atom. The molecule has 0 bridgehead atoms. The fraction of sp³-hybridized carbons (Fsp3) is 0.200. The third-order valence-electron chi connectivity index (χ3n) is 2.94. The van der Waals surface area contributed by atoms with Crippen LogP contribution in [0.25, 0.3) is 0 Å². The Bertz CT molecular complexity index is 598. The SMILES string of the molecule is CNc1cc(C(=O)N(C)Cc2ccc(F)cc2)ccn1. The number of pyridine rings is 1. The van der Waals surface area contributed by atoms with Crippen molar-refractivity contribution in [3.8, 4) is 0 Å². The molecule has 0 fully saturated rings. The number of carbonyl (C=O) groups excluding carboxylic acids is 1. The summed E-state index contributed by atoms with van der Waals surface area (Å²) in [4.78, 5) is 17.9. The second-order valence-corrected chi connectivity index (χ2v) is 4.47. The molecular formula is C15H16FN3O. The molecule has 0 atom stereocenters. The number of aromatic nitrogens is 1. The molecule has 0 saturated heterocycles. The van der Waals surface area contributed by atoms with Crippen molar-refractivity contribution >= 4 is 11.7 Å². The second kappa shape index (κ2) is 6.14. The molecular weight excluding hydrogens is 257 g/mol. The molecule has 1 aromatic heterocycles. The molecule has 5 heteroatoms. The minimum atomic E-state index is -0.282. The molecule has 0 saturated carbocycles. The van der Waals surface area contributed by atoms with E-state index in [9.17, 15) is 9.18 Å². The molecule has 2 aromatic rings. The Morgan fingerprint density at radius 1 is 1.30 bits per heavy atom. The van der Waals surface area contributed by atoms with Gasteiger partial charge in [-0.25, -0.2) is 9.37 Å². The number of amides is 1. The smallest absolute Gasteiger partial charge is 0.254 e. The normalized spacial score (nSPS) is 10.2. The molecule has 1 amide bonds. The number of halogens is 1. The van der Waals surface area contributed by atoms with E-state index in [4.69, 9.17) is 0 Å². The topological polar surface area (TPSA) is 45.2 Å². The average Bonchev–Trinajstić information content (AvgIpc) is 2.48. The molecule has 104 valence electrons. The summed E-state index contributed by atoms with van der Waals surface area (Å²) in [6.45, 7) is 0.427. The molecule has 0 radical (unpaired) electrons. The number of nitrogens with one attached hydrogen (secondary N) is 1. The number of rotatable bonds is 4. The van der Waals surface area contributed by atoms with E-state index in [1.54, 1.807) is 49.5 Å². The van der Waals surface area contributed by atoms with E-state index in [-0.39, 0.29) is 11.7 Å². The van der Waals surface area contributed by atoms with E-state index in [1.807, 2.05) is 0 Å². The molecule has 1 aromatic carbocycles. The molecule has 1 N–H and O–H groups in total. The predicted octanol–water partition coefficient (Wildman–Crippen LogP) is 2.53. The lowest BCUT2D eigenvalue weighted by atomic mass is 10.2. The first kappa shape index (κ1) is 14.0. The highest BCUT2D eigenvalue weighted by Crippen LogP contribution is 2.11. The monoisotopic (exact) mass is 273 g/mol. The van der Waals surface area contributed by atoms with E-state index < -0.39 is 0 Å². The first-order valence-corrected chi connectivity index (χ1v) is 6.24. The highest BCUT2D eigenvalue weighted by atomic mass is 19.1. The van der Waals surface area contributed by atoms with Crippen molar-refractivity contribution in [2.45, 2.75) is 6.54 Å². The summed E-state index contributed by atoms with van der Waals surface area (Å²) in [5.41, 5.74) is 1.44. The van der Waals surface area contributed by atoms with Crippen LogP contribution in [0, 0.1) is 5.82 Å². The standard InChI is InChI=1S/C15H16FN3O/c1-17-14-9-12(7-8-18-14)15(20)19(2)10-11-3-5-13(16)6-4-11/h3-9H,10H2,1-2H3,(H,17,18). The number of hydrogen-bond acceptors (Lipinski definition) is 3. The van der Waals surface area contributed by atoms with Crippen molar-refractivity contribution in [1.82, 2.24) is 9.88 Å². The zero-order chi connectivity index (χ0) is 14.5. The van der Waals surface area contributed by atoms with E-state index in [0.29, 0.717) is 17.9 Å². The summed E-state index contributed by atoms with van der Waals surface area (Å²) in [5.74, 6) is 0.259. The molecule has 4 nitrogen and oxygen atoms in total. The maximum Gasteiger partial charge on any atom is 0.254 e. The van der Waals surface area contributed by atoms with Crippen LogP contribution >= 0.6 is 0 Å². The van der Waals surface area contributed by atoms with Gasteiger partial charge in [-0.05, 0) is 29.8 Å². The van der Waals surface area contributed by atoms with Crippen molar-refractivity contribution in [3.05, 3.63) is 59.5 Å². The summed E-state index contributed by atoms with van der Waals surface area (Å²) in [6, 6.07) is 9.49. The number of carbonyl (C=O) groups is 1. The Hall–Kier alpha value is -2.43. The van der Waals surface area contributed by atoms with Gasteiger partial charge in [0.15, 0.2) is 0 Å². The van der Waals surface area contributed by atoms with Gasteiger partial charge in [0.2, 0.25) is 0 Å². The summed E-state index contributed by atoms with van der Waals surface area (Å²) < 4.78 is 12.8. The Labute approximate surface area is 117 Å². The van der Waals surface area contributed by atoms with E-state index >= 15 is 0 Å². The lowest BCUT2D eigenvalue weighted by molar-refractivity contribution is 0.0785. The number of hydrogen-bond donors (Lipinski definition) is 1. The maximum absolute atomic E-state index is 12.8. The number of nitrogens with zero attached hydrogens (tertiary/aromatic N) is 2. The molecule has 0 aliphatic carbocycles. The van der Waals surface area contributed by atoms with Crippen molar-refractivity contribution in [3.63, 3.8) is 0 Å². The molecule has 1 heterocycles. The van der Waals surface area contributed by atoms with Crippen LogP contribution < -0.4 is 5.32 Å². The largest absolute Gasteiger partial charge is 0.373 e. The number of anilines is 1. The minimum absolute atomic E-state index is 0.103. The Morgan fingerprint density at radius 2 is 2.00 bits per heavy atom. The minimum Gasteiger partial charge on any atom is -0.373 e. The van der Waals surface area contributed by atoms with Crippen molar-refractivity contribution in [1.29, 1.82) is 0 Å². The van der Waals surface area contributed by atoms with Crippen molar-refractivity contribution in [2.24, 2.45) is 0 Å². The zero-order valence-corrected chi connectivity index (χ0v) is 11.4. The first-order valence-electron chi connectivity index (χ1n) is 6.24. The second-order valence-electron chi connectivity index (χ2n) is 4.47. The summed E-state index contributed by atoms with van der Waals surface area (Å²) >= 11 is 0. The van der Waals surface area contributed by atoms with Gasteiger partial charge in [0.25, 0.3) is 5.91 Å². The molecule has 0 unspecified atom stereocenters. The highest BCUT2D eigenvalue weighted by molar-refractivity contribution is 5.94. The van der Waals surface area contributed by atoms with Gasteiger partial charge in [-0.1, -0.05) is 12.1 Å². The fourth-order valence-electron chi connectivity index (χ4n) is 1.86. The van der Waals surface area contributed by atoms with Gasteiger partial charge in [-0.3, -0.25) is 4.79 Å². The quantitative estimate of drug-likeness (QED) is 0.931. The summed E-state index contributed by atoms with van der Waals surface area (Å²) in [6.07, 6.45) is 1.59. The van der Waals surface area contributed by atoms with Gasteiger partial charge in [-0.15, -0.1) is 0 Å². The molecule has 0 aliphatic rings. The maximum atomic E-state index is 12.8. The Balaban J connectivity index is 2.09. The van der Waals surface area contributed by atoms with Gasteiger partial charge in [0.1, 0.15) is 11.6 Å². The van der Waals surface area contributed by atoms with Crippen molar-refractivity contribution in [2.75, 3.05) is 19.4 Å². The lowest BCUT2D eigenvalue weighted by Crippen LogP contribution is -2.26. The number of benzene rings is 1. The third kappa shape index (κ3) is 3.32. The Kier molecular flexibility index (Phi) is 4.30. The van der Waals surface area contributed by atoms with Gasteiger partial charge in [0, 0.05) is 32.4 Å². The van der Waals surface area contributed by atoms with Gasteiger partial charge in [-0.2, -0.15) is 0 Å². The van der Waals surface area contributed by atoms with Crippen LogP contribution in [0.2, 0.25) is 0 Å². The van der Waals surface area contributed by atoms with Crippen molar-refractivity contribution < 1.29 is 9.18 Å². The first-order chi connectivity index (χ1) is 9.60. The van der Waals surface area contributed by atoms with Crippen LogP contribution in [0.4, 0.5) is 10.2 Å². The van der Waals surface area contributed by atoms with E-state index in [1.165, 1.54) is 12.1 Å². The highest BCUT2D eigenvalue weighted by Gasteiger charge is 2.12. The molecule has 0 aliphatic heterocycles. The molecule has 0 spiro atoms. The predicted molar refractivity (Wildman–Crippen MR) is 76.0 cm³/mol. The average molecular weight is 273 g/mol. The fourth-order valence-corrected chi connectivity index (χ4v) is 1.86. The van der Waals surface area contributed by atoms with Gasteiger partial charge in [0.05, 0.1) is 0 Å². The third-order valence-corrected chi connectivity index (χ3v) is 2.94. The van der Waals surface area contributed by atoms with Crippen LogP contribution in [0.1, 0.15) is 15.9 Å². The van der Waals surface area contributed by atoms with E-state index in [0.717, 1.165) is 5.56 Å². The van der Waals surface area contributed by atoms with Gasteiger partial charge >= 0.3 is 0 Å². The van der Waals surface area contributed by atoms with Crippen LogP contribution in [0.3, 0.4) is 0 Å². The molecule has 2 rings (SSSR count). The summed E-state index contributed by atoms with van der Waals surface area (Å²) in [7, 11) is 3.46. The van der Waals surface area contributed by atoms with E-state index in [2.05, 4.69) is 10.3 Å². The van der Waals surface area contributed by atoms with Crippen LogP contribution in [-0.2, 0) is 6.54 Å². The van der Waals surface area contributed by atoms with Crippen LogP contribution in [-0.4, -0.2) is 29.9 Å². The lowest BCUT2D eigenvalue weighted by Gasteiger charge is -2.17.